The van der Waals surface area contributed by atoms with Crippen LogP contribution in [0.5, 0.6) is 0 Å². The van der Waals surface area contributed by atoms with Crippen molar-refractivity contribution < 1.29 is 8.91 Å². The van der Waals surface area contributed by atoms with Crippen molar-refractivity contribution in [2.45, 2.75) is 32.2 Å². The van der Waals surface area contributed by atoms with E-state index in [1.807, 2.05) is 13.8 Å². The Morgan fingerprint density at radius 3 is 2.68 bits per heavy atom. The maximum absolute atomic E-state index is 14.0. The van der Waals surface area contributed by atoms with Crippen LogP contribution in [0.2, 0.25) is 0 Å². The van der Waals surface area contributed by atoms with E-state index in [1.165, 1.54) is 0 Å². The van der Waals surface area contributed by atoms with E-state index in [0.717, 1.165) is 0 Å². The van der Waals surface area contributed by atoms with Gasteiger partial charge in [-0.2, -0.15) is 4.98 Å². The average Bonchev–Trinajstić information content (AvgIpc) is 2.91. The van der Waals surface area contributed by atoms with E-state index in [0.29, 0.717) is 23.1 Å². The molecule has 0 bridgehead atoms. The summed E-state index contributed by atoms with van der Waals surface area (Å²) in [6.07, 6.45) is 1.37. The van der Waals surface area contributed by atoms with Gasteiger partial charge >= 0.3 is 0 Å². The molecule has 0 saturated carbocycles. The van der Waals surface area contributed by atoms with Crippen molar-refractivity contribution in [3.05, 3.63) is 34.3 Å². The van der Waals surface area contributed by atoms with E-state index >= 15 is 0 Å². The van der Waals surface area contributed by atoms with Gasteiger partial charge in [0.1, 0.15) is 5.82 Å². The summed E-state index contributed by atoms with van der Waals surface area (Å²) in [5.74, 6) is 0.130. The second kappa shape index (κ2) is 5.38. The van der Waals surface area contributed by atoms with E-state index in [2.05, 4.69) is 26.1 Å². The lowest BCUT2D eigenvalue weighted by molar-refractivity contribution is 0.350. The van der Waals surface area contributed by atoms with E-state index in [4.69, 9.17) is 10.3 Å². The molecule has 102 valence electrons. The average molecular weight is 328 g/mol. The van der Waals surface area contributed by atoms with Gasteiger partial charge in [0.15, 0.2) is 5.82 Å². The van der Waals surface area contributed by atoms with E-state index < -0.39 is 11.4 Å². The van der Waals surface area contributed by atoms with Crippen LogP contribution in [0.3, 0.4) is 0 Å². The molecule has 2 aromatic rings. The second-order valence-corrected chi connectivity index (χ2v) is 5.24. The van der Waals surface area contributed by atoms with Crippen LogP contribution in [0.1, 0.15) is 32.5 Å². The summed E-state index contributed by atoms with van der Waals surface area (Å²) >= 11 is 3.13. The molecular weight excluding hydrogens is 313 g/mol. The normalized spacial score (nSPS) is 11.8. The van der Waals surface area contributed by atoms with Crippen molar-refractivity contribution in [3.8, 4) is 11.5 Å². The van der Waals surface area contributed by atoms with Crippen LogP contribution in [0.15, 0.2) is 27.2 Å². The van der Waals surface area contributed by atoms with Crippen LogP contribution in [0.4, 0.5) is 4.39 Å². The lowest BCUT2D eigenvalue weighted by atomic mass is 9.93. The number of aromatic nitrogens is 2. The molecule has 1 aromatic heterocycles. The van der Waals surface area contributed by atoms with Crippen molar-refractivity contribution in [2.24, 2.45) is 5.73 Å². The van der Waals surface area contributed by atoms with Crippen LogP contribution in [-0.2, 0) is 5.54 Å². The summed E-state index contributed by atoms with van der Waals surface area (Å²) < 4.78 is 19.4. The molecule has 19 heavy (non-hydrogen) atoms. The molecule has 2 N–H and O–H groups in total. The highest BCUT2D eigenvalue weighted by Crippen LogP contribution is 2.29. The molecule has 0 aliphatic heterocycles. The number of halogens is 2. The third-order valence-corrected chi connectivity index (χ3v) is 3.93. The minimum Gasteiger partial charge on any atom is -0.334 e. The van der Waals surface area contributed by atoms with E-state index in [1.54, 1.807) is 18.2 Å². The maximum Gasteiger partial charge on any atom is 0.261 e. The number of rotatable bonds is 4. The molecule has 0 aliphatic rings. The monoisotopic (exact) mass is 327 g/mol. The predicted molar refractivity (Wildman–Crippen MR) is 73.8 cm³/mol. The lowest BCUT2D eigenvalue weighted by Crippen LogP contribution is -2.36. The molecule has 6 heteroatoms. The molecule has 0 spiro atoms. The summed E-state index contributed by atoms with van der Waals surface area (Å²) in [6.45, 7) is 3.92. The van der Waals surface area contributed by atoms with Crippen LogP contribution in [0, 0.1) is 5.82 Å². The Morgan fingerprint density at radius 2 is 2.05 bits per heavy atom. The first-order chi connectivity index (χ1) is 9.01. The highest BCUT2D eigenvalue weighted by molar-refractivity contribution is 9.10. The Morgan fingerprint density at radius 1 is 1.37 bits per heavy atom. The number of hydrogen-bond acceptors (Lipinski definition) is 4. The van der Waals surface area contributed by atoms with Gasteiger partial charge in [-0.3, -0.25) is 0 Å². The molecule has 0 unspecified atom stereocenters. The Balaban J connectivity index is 2.44. The van der Waals surface area contributed by atoms with Crippen LogP contribution in [0.25, 0.3) is 11.5 Å². The zero-order valence-corrected chi connectivity index (χ0v) is 12.4. The topological polar surface area (TPSA) is 64.9 Å². The standard InChI is InChI=1S/C13H15BrFN3O/c1-3-13(16,4-2)12-17-11(19-18-12)8-6-5-7-9(14)10(8)15/h5-7H,3-4,16H2,1-2H3. The fourth-order valence-corrected chi connectivity index (χ4v) is 2.14. The van der Waals surface area contributed by atoms with Gasteiger partial charge in [0.05, 0.1) is 15.6 Å². The highest BCUT2D eigenvalue weighted by atomic mass is 79.9. The first-order valence-corrected chi connectivity index (χ1v) is 6.88. The van der Waals surface area contributed by atoms with Crippen molar-refractivity contribution >= 4 is 15.9 Å². The Bertz CT molecular complexity index is 581. The smallest absolute Gasteiger partial charge is 0.261 e. The Kier molecular flexibility index (Phi) is 4.01. The number of hydrogen-bond donors (Lipinski definition) is 1. The molecule has 1 heterocycles. The predicted octanol–water partition coefficient (Wildman–Crippen LogP) is 3.61. The Hall–Kier alpha value is -1.27. The first kappa shape index (κ1) is 14.1. The Labute approximate surface area is 119 Å². The largest absolute Gasteiger partial charge is 0.334 e. The second-order valence-electron chi connectivity index (χ2n) is 4.39. The van der Waals surface area contributed by atoms with Gasteiger partial charge in [-0.05, 0) is 40.9 Å². The molecule has 0 aliphatic carbocycles. The first-order valence-electron chi connectivity index (χ1n) is 6.09. The summed E-state index contributed by atoms with van der Waals surface area (Å²) in [7, 11) is 0. The van der Waals surface area contributed by atoms with E-state index in [-0.39, 0.29) is 11.5 Å². The van der Waals surface area contributed by atoms with Gasteiger partial charge in [-0.15, -0.1) is 0 Å². The summed E-state index contributed by atoms with van der Waals surface area (Å²) in [5.41, 5.74) is 5.82. The molecule has 0 radical (unpaired) electrons. The highest BCUT2D eigenvalue weighted by Gasteiger charge is 2.29. The SMILES string of the molecule is CCC(N)(CC)c1noc(-c2cccc(Br)c2F)n1. The van der Waals surface area contributed by atoms with Gasteiger partial charge < -0.3 is 10.3 Å². The van der Waals surface area contributed by atoms with Crippen molar-refractivity contribution in [3.63, 3.8) is 0 Å². The third kappa shape index (κ3) is 2.55. The summed E-state index contributed by atoms with van der Waals surface area (Å²) in [6, 6.07) is 4.91. The molecule has 0 atom stereocenters. The maximum atomic E-state index is 14.0. The summed E-state index contributed by atoms with van der Waals surface area (Å²) in [4.78, 5) is 4.23. The van der Waals surface area contributed by atoms with Gasteiger partial charge in [0, 0.05) is 0 Å². The minimum absolute atomic E-state index is 0.144. The molecule has 1 aromatic carbocycles. The lowest BCUT2D eigenvalue weighted by Gasteiger charge is -2.21. The number of nitrogens with zero attached hydrogens (tertiary/aromatic N) is 2. The third-order valence-electron chi connectivity index (χ3n) is 3.32. The fraction of sp³-hybridized carbons (Fsp3) is 0.385. The molecular formula is C13H15BrFN3O. The molecule has 2 rings (SSSR count). The zero-order valence-electron chi connectivity index (χ0n) is 10.8. The van der Waals surface area contributed by atoms with Gasteiger partial charge in [0.2, 0.25) is 0 Å². The molecule has 0 saturated heterocycles. The van der Waals surface area contributed by atoms with Crippen molar-refractivity contribution in [2.75, 3.05) is 0 Å². The molecule has 0 amide bonds. The zero-order chi connectivity index (χ0) is 14.0. The quantitative estimate of drug-likeness (QED) is 0.931. The molecule has 4 nitrogen and oxygen atoms in total. The van der Waals surface area contributed by atoms with Crippen LogP contribution >= 0.6 is 15.9 Å². The number of benzene rings is 1. The van der Waals surface area contributed by atoms with Crippen molar-refractivity contribution in [1.82, 2.24) is 10.1 Å². The van der Waals surface area contributed by atoms with Gasteiger partial charge in [-0.1, -0.05) is 25.1 Å². The van der Waals surface area contributed by atoms with Gasteiger partial charge in [-0.25, -0.2) is 4.39 Å². The van der Waals surface area contributed by atoms with Crippen molar-refractivity contribution in [1.29, 1.82) is 0 Å². The van der Waals surface area contributed by atoms with Gasteiger partial charge in [0.25, 0.3) is 5.89 Å². The summed E-state index contributed by atoms with van der Waals surface area (Å²) in [5, 5.41) is 3.88. The fourth-order valence-electron chi connectivity index (χ4n) is 1.77. The van der Waals surface area contributed by atoms with Crippen LogP contribution < -0.4 is 5.73 Å². The van der Waals surface area contributed by atoms with Crippen LogP contribution in [-0.4, -0.2) is 10.1 Å². The minimum atomic E-state index is -0.635. The number of nitrogens with two attached hydrogens (primary N) is 1. The molecule has 0 fully saturated rings. The van der Waals surface area contributed by atoms with E-state index in [9.17, 15) is 4.39 Å².